The van der Waals surface area contributed by atoms with Crippen LogP contribution in [0.2, 0.25) is 0 Å². The molecule has 0 radical (unpaired) electrons. The van der Waals surface area contributed by atoms with E-state index in [0.717, 1.165) is 0 Å². The number of rotatable bonds is 6. The highest BCUT2D eigenvalue weighted by Crippen LogP contribution is 2.15. The normalized spacial score (nSPS) is 9.84. The van der Waals surface area contributed by atoms with Gasteiger partial charge in [0.2, 0.25) is 0 Å². The molecule has 0 saturated heterocycles. The molecule has 4 N–H and O–H groups in total. The molecule has 0 aromatic rings. The Morgan fingerprint density at radius 2 is 1.37 bits per heavy atom. The first-order valence-electron chi connectivity index (χ1n) is 5.08. The second-order valence-corrected chi connectivity index (χ2v) is 3.40. The number of hydrogen-bond acceptors (Lipinski definition) is 6. The average molecular weight is 280 g/mol. The number of carbonyl (C=O) groups excluding carboxylic acids is 1. The summed E-state index contributed by atoms with van der Waals surface area (Å²) in [5, 5.41) is 33.8. The van der Waals surface area contributed by atoms with Crippen LogP contribution >= 0.6 is 0 Å². The maximum absolute atomic E-state index is 10.3. The van der Waals surface area contributed by atoms with Crippen molar-refractivity contribution in [3.63, 3.8) is 0 Å². The standard InChI is InChI=1S/C6H8O7.C4H8O2/c7-3(8)1-6(13,5(11)12)2-4(9)10;1-3-6-4(2)5/h13H,1-2H2,(H,7,8)(H,9,10)(H,11,12);3H2,1-2H3. The third kappa shape index (κ3) is 10.7. The first kappa shape index (κ1) is 19.2. The van der Waals surface area contributed by atoms with Gasteiger partial charge in [0, 0.05) is 6.92 Å². The molecule has 9 nitrogen and oxygen atoms in total. The van der Waals surface area contributed by atoms with Gasteiger partial charge in [-0.15, -0.1) is 0 Å². The number of carboxylic acid groups (broad SMARTS) is 3. The van der Waals surface area contributed by atoms with Gasteiger partial charge in [-0.3, -0.25) is 14.4 Å². The van der Waals surface area contributed by atoms with Gasteiger partial charge in [-0.2, -0.15) is 0 Å². The van der Waals surface area contributed by atoms with Gasteiger partial charge in [0.15, 0.2) is 5.60 Å². The lowest BCUT2D eigenvalue weighted by atomic mass is 9.96. The first-order valence-corrected chi connectivity index (χ1v) is 5.08. The molecule has 0 atom stereocenters. The summed E-state index contributed by atoms with van der Waals surface area (Å²) in [6.45, 7) is 3.65. The van der Waals surface area contributed by atoms with Crippen molar-refractivity contribution in [2.45, 2.75) is 32.3 Å². The molecule has 0 aromatic heterocycles. The number of carbonyl (C=O) groups is 4. The summed E-state index contributed by atoms with van der Waals surface area (Å²) in [5.74, 6) is -5.23. The molecule has 0 spiro atoms. The zero-order valence-corrected chi connectivity index (χ0v) is 10.5. The minimum Gasteiger partial charge on any atom is -0.481 e. The van der Waals surface area contributed by atoms with Crippen LogP contribution in [0.4, 0.5) is 0 Å². The van der Waals surface area contributed by atoms with E-state index in [1.807, 2.05) is 0 Å². The highest BCUT2D eigenvalue weighted by molar-refractivity contribution is 5.88. The van der Waals surface area contributed by atoms with Crippen molar-refractivity contribution in [3.05, 3.63) is 0 Å². The molecule has 0 aliphatic rings. The summed E-state index contributed by atoms with van der Waals surface area (Å²) >= 11 is 0. The lowest BCUT2D eigenvalue weighted by Gasteiger charge is -2.18. The van der Waals surface area contributed by atoms with Gasteiger partial charge >= 0.3 is 23.9 Å². The molecular weight excluding hydrogens is 264 g/mol. The third-order valence-corrected chi connectivity index (χ3v) is 1.63. The Labute approximate surface area is 108 Å². The lowest BCUT2D eigenvalue weighted by Crippen LogP contribution is -2.42. The SMILES string of the molecule is CCOC(C)=O.O=C(O)CC(O)(CC(=O)O)C(=O)O. The number of carboxylic acids is 3. The summed E-state index contributed by atoms with van der Waals surface area (Å²) in [6.07, 6.45) is -2.29. The van der Waals surface area contributed by atoms with E-state index >= 15 is 0 Å². The molecule has 0 amide bonds. The van der Waals surface area contributed by atoms with Crippen LogP contribution in [0, 0.1) is 0 Å². The molecule has 0 heterocycles. The lowest BCUT2D eigenvalue weighted by molar-refractivity contribution is -0.170. The molecule has 0 bridgehead atoms. The zero-order valence-electron chi connectivity index (χ0n) is 10.5. The molecule has 0 unspecified atom stereocenters. The molecule has 0 aromatic carbocycles. The molecule has 0 aliphatic heterocycles. The van der Waals surface area contributed by atoms with Crippen molar-refractivity contribution in [3.8, 4) is 0 Å². The van der Waals surface area contributed by atoms with Gasteiger partial charge in [-0.25, -0.2) is 4.79 Å². The Morgan fingerprint density at radius 1 is 1.00 bits per heavy atom. The predicted molar refractivity (Wildman–Crippen MR) is 59.4 cm³/mol. The molecule has 0 rings (SSSR count). The predicted octanol–water partition coefficient (Wildman–Crippen LogP) is -0.679. The maximum Gasteiger partial charge on any atom is 0.336 e. The second kappa shape index (κ2) is 8.86. The van der Waals surface area contributed by atoms with Crippen LogP contribution in [0.25, 0.3) is 0 Å². The van der Waals surface area contributed by atoms with Crippen LogP contribution in [0.1, 0.15) is 26.7 Å². The van der Waals surface area contributed by atoms with E-state index in [1.54, 1.807) is 6.92 Å². The minimum absolute atomic E-state index is 0.211. The zero-order chi connectivity index (χ0) is 15.6. The van der Waals surface area contributed by atoms with Crippen molar-refractivity contribution in [2.24, 2.45) is 0 Å². The Hall–Kier alpha value is -2.16. The topological polar surface area (TPSA) is 158 Å². The highest BCUT2D eigenvalue weighted by atomic mass is 16.5. The Bertz CT molecular complexity index is 331. The molecule has 0 fully saturated rings. The molecule has 19 heavy (non-hydrogen) atoms. The van der Waals surface area contributed by atoms with Crippen LogP contribution in [0.15, 0.2) is 0 Å². The van der Waals surface area contributed by atoms with Crippen LogP contribution < -0.4 is 0 Å². The van der Waals surface area contributed by atoms with Crippen LogP contribution in [0.5, 0.6) is 0 Å². The maximum atomic E-state index is 10.3. The van der Waals surface area contributed by atoms with Crippen molar-refractivity contribution < 1.29 is 44.3 Å². The number of hydrogen-bond donors (Lipinski definition) is 4. The Balaban J connectivity index is 0. The van der Waals surface area contributed by atoms with Gasteiger partial charge < -0.3 is 25.2 Å². The van der Waals surface area contributed by atoms with Crippen LogP contribution in [0.3, 0.4) is 0 Å². The van der Waals surface area contributed by atoms with Crippen molar-refractivity contribution in [1.82, 2.24) is 0 Å². The van der Waals surface area contributed by atoms with Gasteiger partial charge in [0.25, 0.3) is 0 Å². The number of ether oxygens (including phenoxy) is 1. The fourth-order valence-electron chi connectivity index (χ4n) is 0.917. The van der Waals surface area contributed by atoms with Crippen LogP contribution in [-0.4, -0.2) is 56.5 Å². The Morgan fingerprint density at radius 3 is 1.47 bits per heavy atom. The highest BCUT2D eigenvalue weighted by Gasteiger charge is 2.40. The van der Waals surface area contributed by atoms with Crippen molar-refractivity contribution in [2.75, 3.05) is 6.61 Å². The average Bonchev–Trinajstić information content (AvgIpc) is 2.14. The monoisotopic (exact) mass is 280 g/mol. The van der Waals surface area contributed by atoms with E-state index in [1.165, 1.54) is 6.92 Å². The van der Waals surface area contributed by atoms with E-state index in [4.69, 9.17) is 20.4 Å². The van der Waals surface area contributed by atoms with E-state index in [2.05, 4.69) is 4.74 Å². The van der Waals surface area contributed by atoms with Gasteiger partial charge in [-0.05, 0) is 6.92 Å². The number of aliphatic hydroxyl groups is 1. The summed E-state index contributed by atoms with van der Waals surface area (Å²) in [4.78, 5) is 40.3. The minimum atomic E-state index is -2.74. The smallest absolute Gasteiger partial charge is 0.336 e. The molecule has 110 valence electrons. The summed E-state index contributed by atoms with van der Waals surface area (Å²) in [5.41, 5.74) is -2.74. The van der Waals surface area contributed by atoms with E-state index in [-0.39, 0.29) is 5.97 Å². The van der Waals surface area contributed by atoms with E-state index < -0.39 is 36.4 Å². The van der Waals surface area contributed by atoms with Gasteiger partial charge in [0.05, 0.1) is 19.4 Å². The summed E-state index contributed by atoms with van der Waals surface area (Å²) in [7, 11) is 0. The third-order valence-electron chi connectivity index (χ3n) is 1.63. The largest absolute Gasteiger partial charge is 0.481 e. The van der Waals surface area contributed by atoms with E-state index in [0.29, 0.717) is 6.61 Å². The molecule has 0 aliphatic carbocycles. The van der Waals surface area contributed by atoms with Crippen molar-refractivity contribution in [1.29, 1.82) is 0 Å². The quantitative estimate of drug-likeness (QED) is 0.462. The number of aliphatic carboxylic acids is 3. The van der Waals surface area contributed by atoms with Gasteiger partial charge in [0.1, 0.15) is 0 Å². The van der Waals surface area contributed by atoms with Gasteiger partial charge in [-0.1, -0.05) is 0 Å². The fraction of sp³-hybridized carbons (Fsp3) is 0.600. The molecular formula is C10H16O9. The van der Waals surface area contributed by atoms with Crippen molar-refractivity contribution >= 4 is 23.9 Å². The summed E-state index contributed by atoms with van der Waals surface area (Å²) < 4.78 is 4.40. The molecule has 9 heteroatoms. The molecule has 0 saturated carbocycles. The van der Waals surface area contributed by atoms with Crippen LogP contribution in [-0.2, 0) is 23.9 Å². The summed E-state index contributed by atoms with van der Waals surface area (Å²) in [6, 6.07) is 0. The first-order chi connectivity index (χ1) is 8.55. The Kier molecular flexibility index (Phi) is 8.95. The van der Waals surface area contributed by atoms with E-state index in [9.17, 15) is 19.2 Å². The second-order valence-electron chi connectivity index (χ2n) is 3.40. The fourth-order valence-corrected chi connectivity index (χ4v) is 0.917. The number of esters is 1.